The standard InChI is InChI=1S/C12H10FN3O/c1-7-8(2)14-12(16-11(7)17)15-10-5-3-9(13)4-6-10/h3-6H,1H2,2H3,(H,15,16,17). The number of rotatable bonds is 1. The van der Waals surface area contributed by atoms with Gasteiger partial charge in [-0.25, -0.2) is 14.4 Å². The van der Waals surface area contributed by atoms with Crippen LogP contribution in [0.25, 0.3) is 0 Å². The van der Waals surface area contributed by atoms with E-state index in [1.807, 2.05) is 0 Å². The zero-order chi connectivity index (χ0) is 12.4. The molecule has 0 aliphatic carbocycles. The molecule has 1 aromatic rings. The summed E-state index contributed by atoms with van der Waals surface area (Å²) in [7, 11) is 0. The third-order valence-corrected chi connectivity index (χ3v) is 2.27. The fraction of sp³-hybridized carbons (Fsp3) is 0.0833. The first kappa shape index (κ1) is 11.2. The first-order valence-corrected chi connectivity index (χ1v) is 4.96. The molecule has 5 heteroatoms. The van der Waals surface area contributed by atoms with E-state index in [0.717, 1.165) is 0 Å². The Balaban J connectivity index is 2.32. The monoisotopic (exact) mass is 231 g/mol. The quantitative estimate of drug-likeness (QED) is 0.738. The highest BCUT2D eigenvalue weighted by molar-refractivity contribution is 6.29. The molecule has 1 aromatic carbocycles. The second-order valence-corrected chi connectivity index (χ2v) is 3.54. The molecule has 1 heterocycles. The average Bonchev–Trinajstić information content (AvgIpc) is 2.29. The van der Waals surface area contributed by atoms with Crippen LogP contribution in [0.3, 0.4) is 0 Å². The maximum atomic E-state index is 12.7. The molecule has 0 spiro atoms. The van der Waals surface area contributed by atoms with Crippen LogP contribution in [0.1, 0.15) is 6.92 Å². The Morgan fingerprint density at radius 3 is 2.59 bits per heavy atom. The van der Waals surface area contributed by atoms with Gasteiger partial charge in [0, 0.05) is 0 Å². The summed E-state index contributed by atoms with van der Waals surface area (Å²) in [5, 5.41) is 2.49. The lowest BCUT2D eigenvalue weighted by Gasteiger charge is -2.13. The van der Waals surface area contributed by atoms with E-state index in [-0.39, 0.29) is 17.7 Å². The van der Waals surface area contributed by atoms with Gasteiger partial charge in [0.15, 0.2) is 0 Å². The molecule has 0 unspecified atom stereocenters. The van der Waals surface area contributed by atoms with Gasteiger partial charge in [0.2, 0.25) is 5.96 Å². The summed E-state index contributed by atoms with van der Waals surface area (Å²) in [4.78, 5) is 19.6. The highest BCUT2D eigenvalue weighted by atomic mass is 19.1. The highest BCUT2D eigenvalue weighted by Gasteiger charge is 2.18. The minimum atomic E-state index is -0.338. The third-order valence-electron chi connectivity index (χ3n) is 2.27. The van der Waals surface area contributed by atoms with Gasteiger partial charge in [0.1, 0.15) is 5.82 Å². The molecule has 0 bridgehead atoms. The van der Waals surface area contributed by atoms with Crippen molar-refractivity contribution >= 4 is 23.3 Å². The van der Waals surface area contributed by atoms with Crippen molar-refractivity contribution < 1.29 is 9.18 Å². The van der Waals surface area contributed by atoms with Crippen LogP contribution in [0.2, 0.25) is 0 Å². The predicted octanol–water partition coefficient (Wildman–Crippen LogP) is 1.96. The van der Waals surface area contributed by atoms with Crippen LogP contribution >= 0.6 is 0 Å². The molecule has 2 rings (SSSR count). The van der Waals surface area contributed by atoms with Crippen molar-refractivity contribution in [2.24, 2.45) is 9.98 Å². The van der Waals surface area contributed by atoms with Gasteiger partial charge >= 0.3 is 0 Å². The van der Waals surface area contributed by atoms with Gasteiger partial charge in [-0.2, -0.15) is 0 Å². The molecule has 0 aromatic heterocycles. The molecule has 0 atom stereocenters. The fourth-order valence-electron chi connectivity index (χ4n) is 1.29. The largest absolute Gasteiger partial charge is 0.290 e. The number of nitrogens with zero attached hydrogens (tertiary/aromatic N) is 2. The summed E-state index contributed by atoms with van der Waals surface area (Å²) in [6.07, 6.45) is 0. The molecule has 0 radical (unpaired) electrons. The normalized spacial score (nSPS) is 18.0. The summed E-state index contributed by atoms with van der Waals surface area (Å²) in [5.41, 5.74) is 1.36. The summed E-state index contributed by atoms with van der Waals surface area (Å²) < 4.78 is 12.7. The molecule has 1 aliphatic rings. The second-order valence-electron chi connectivity index (χ2n) is 3.54. The van der Waals surface area contributed by atoms with Crippen molar-refractivity contribution in [2.75, 3.05) is 0 Å². The second kappa shape index (κ2) is 4.29. The zero-order valence-corrected chi connectivity index (χ0v) is 9.20. The summed E-state index contributed by atoms with van der Waals surface area (Å²) >= 11 is 0. The Hall–Kier alpha value is -2.30. The van der Waals surface area contributed by atoms with Crippen LogP contribution in [0.5, 0.6) is 0 Å². The van der Waals surface area contributed by atoms with E-state index in [0.29, 0.717) is 17.0 Å². The van der Waals surface area contributed by atoms with Gasteiger partial charge in [-0.05, 0) is 31.2 Å². The molecule has 86 valence electrons. The SMILES string of the molecule is C=C1C(=O)NC(=Nc2ccc(F)cc2)N=C1C. The van der Waals surface area contributed by atoms with Crippen LogP contribution in [0.4, 0.5) is 10.1 Å². The average molecular weight is 231 g/mol. The van der Waals surface area contributed by atoms with E-state index in [2.05, 4.69) is 21.9 Å². The number of halogens is 1. The van der Waals surface area contributed by atoms with E-state index < -0.39 is 0 Å². The minimum absolute atomic E-state index is 0.187. The molecule has 17 heavy (non-hydrogen) atoms. The van der Waals surface area contributed by atoms with Gasteiger partial charge in [-0.3, -0.25) is 10.1 Å². The molecule has 0 saturated carbocycles. The fourth-order valence-corrected chi connectivity index (χ4v) is 1.29. The zero-order valence-electron chi connectivity index (χ0n) is 9.20. The number of hydrogen-bond donors (Lipinski definition) is 1. The lowest BCUT2D eigenvalue weighted by Crippen LogP contribution is -2.37. The third kappa shape index (κ3) is 2.44. The van der Waals surface area contributed by atoms with Crippen molar-refractivity contribution in [1.82, 2.24) is 5.32 Å². The summed E-state index contributed by atoms with van der Waals surface area (Å²) in [6.45, 7) is 5.26. The van der Waals surface area contributed by atoms with Gasteiger partial charge in [0.05, 0.1) is 17.0 Å². The van der Waals surface area contributed by atoms with Crippen molar-refractivity contribution in [3.05, 3.63) is 42.2 Å². The van der Waals surface area contributed by atoms with Crippen LogP contribution in [-0.4, -0.2) is 17.6 Å². The predicted molar refractivity (Wildman–Crippen MR) is 63.9 cm³/mol. The number of hydrogen-bond acceptors (Lipinski definition) is 2. The van der Waals surface area contributed by atoms with Crippen molar-refractivity contribution in [2.45, 2.75) is 6.92 Å². The smallest absolute Gasteiger partial charge is 0.259 e. The lowest BCUT2D eigenvalue weighted by molar-refractivity contribution is -0.115. The van der Waals surface area contributed by atoms with Crippen LogP contribution in [0.15, 0.2) is 46.4 Å². The minimum Gasteiger partial charge on any atom is -0.290 e. The number of aliphatic imine (C=N–C) groups is 2. The molecular weight excluding hydrogens is 221 g/mol. The van der Waals surface area contributed by atoms with E-state index >= 15 is 0 Å². The van der Waals surface area contributed by atoms with Crippen molar-refractivity contribution in [1.29, 1.82) is 0 Å². The van der Waals surface area contributed by atoms with Crippen LogP contribution < -0.4 is 5.32 Å². The maximum Gasteiger partial charge on any atom is 0.259 e. The van der Waals surface area contributed by atoms with Crippen LogP contribution in [0, 0.1) is 5.82 Å². The number of carbonyl (C=O) groups is 1. The molecule has 1 amide bonds. The molecule has 0 saturated heterocycles. The Morgan fingerprint density at radius 2 is 2.00 bits per heavy atom. The first-order chi connectivity index (χ1) is 8.06. The Labute approximate surface area is 97.6 Å². The maximum absolute atomic E-state index is 12.7. The van der Waals surface area contributed by atoms with Crippen molar-refractivity contribution in [3.63, 3.8) is 0 Å². The number of benzene rings is 1. The van der Waals surface area contributed by atoms with Gasteiger partial charge in [0.25, 0.3) is 5.91 Å². The van der Waals surface area contributed by atoms with Gasteiger partial charge in [-0.1, -0.05) is 6.58 Å². The van der Waals surface area contributed by atoms with E-state index in [1.54, 1.807) is 6.92 Å². The summed E-state index contributed by atoms with van der Waals surface area (Å²) in [6, 6.07) is 5.59. The topological polar surface area (TPSA) is 53.8 Å². The number of carbonyl (C=O) groups excluding carboxylic acids is 1. The summed E-state index contributed by atoms with van der Waals surface area (Å²) in [5.74, 6) is -0.473. The van der Waals surface area contributed by atoms with Gasteiger partial charge < -0.3 is 0 Å². The Morgan fingerprint density at radius 1 is 1.35 bits per heavy atom. The van der Waals surface area contributed by atoms with E-state index in [4.69, 9.17) is 0 Å². The number of guanidine groups is 1. The molecule has 0 fully saturated rings. The van der Waals surface area contributed by atoms with Crippen LogP contribution in [-0.2, 0) is 4.79 Å². The Bertz CT molecular complexity index is 543. The van der Waals surface area contributed by atoms with E-state index in [1.165, 1.54) is 24.3 Å². The molecule has 1 aliphatic heterocycles. The number of nitrogens with one attached hydrogen (secondary N) is 1. The molecule has 4 nitrogen and oxygen atoms in total. The first-order valence-electron chi connectivity index (χ1n) is 4.96. The lowest BCUT2D eigenvalue weighted by atomic mass is 10.2. The molecule has 1 N–H and O–H groups in total. The van der Waals surface area contributed by atoms with Gasteiger partial charge in [-0.15, -0.1) is 0 Å². The van der Waals surface area contributed by atoms with Crippen molar-refractivity contribution in [3.8, 4) is 0 Å². The number of amides is 1. The highest BCUT2D eigenvalue weighted by Crippen LogP contribution is 2.13. The van der Waals surface area contributed by atoms with E-state index in [9.17, 15) is 9.18 Å². The Kier molecular flexibility index (Phi) is 2.82. The molecular formula is C12H10FN3O.